The minimum Gasteiger partial charge on any atom is -0.367 e. The summed E-state index contributed by atoms with van der Waals surface area (Å²) in [6.07, 6.45) is 2.09. The summed E-state index contributed by atoms with van der Waals surface area (Å²) in [6.45, 7) is 0. The van der Waals surface area contributed by atoms with E-state index in [4.69, 9.17) is 21.9 Å². The molecular weight excluding hydrogens is 243 g/mol. The predicted octanol–water partition coefficient (Wildman–Crippen LogP) is 3.59. The average Bonchev–Trinajstić information content (AvgIpc) is 3.08. The number of aromatic nitrogens is 1. The molecule has 0 spiro atoms. The van der Waals surface area contributed by atoms with Crippen LogP contribution in [0.4, 0.5) is 10.3 Å². The van der Waals surface area contributed by atoms with Crippen LogP contribution in [-0.4, -0.2) is 5.16 Å². The van der Waals surface area contributed by atoms with Gasteiger partial charge in [0.05, 0.1) is 16.3 Å². The molecule has 1 saturated carbocycles. The maximum absolute atomic E-state index is 14.0. The molecule has 1 aromatic carbocycles. The molecule has 0 saturated heterocycles. The van der Waals surface area contributed by atoms with Gasteiger partial charge in [-0.05, 0) is 18.9 Å². The topological polar surface area (TPSA) is 52.0 Å². The van der Waals surface area contributed by atoms with E-state index >= 15 is 0 Å². The van der Waals surface area contributed by atoms with Crippen LogP contribution < -0.4 is 5.73 Å². The number of hydrogen-bond acceptors (Lipinski definition) is 3. The van der Waals surface area contributed by atoms with Gasteiger partial charge in [0.15, 0.2) is 0 Å². The maximum Gasteiger partial charge on any atom is 0.230 e. The Balaban J connectivity index is 2.20. The van der Waals surface area contributed by atoms with Gasteiger partial charge < -0.3 is 10.3 Å². The van der Waals surface area contributed by atoms with E-state index < -0.39 is 5.82 Å². The fourth-order valence-electron chi connectivity index (χ4n) is 1.92. The first-order chi connectivity index (χ1) is 8.18. The first-order valence-electron chi connectivity index (χ1n) is 5.38. The Morgan fingerprint density at radius 3 is 2.88 bits per heavy atom. The molecule has 0 radical (unpaired) electrons. The van der Waals surface area contributed by atoms with Gasteiger partial charge in [0.1, 0.15) is 5.82 Å². The smallest absolute Gasteiger partial charge is 0.230 e. The van der Waals surface area contributed by atoms with Gasteiger partial charge in [-0.25, -0.2) is 4.39 Å². The van der Waals surface area contributed by atoms with Crippen molar-refractivity contribution in [1.29, 1.82) is 0 Å². The Kier molecular flexibility index (Phi) is 2.33. The fourth-order valence-corrected chi connectivity index (χ4v) is 2.09. The predicted molar refractivity (Wildman–Crippen MR) is 63.3 cm³/mol. The van der Waals surface area contributed by atoms with Gasteiger partial charge in [0.2, 0.25) is 5.88 Å². The van der Waals surface area contributed by atoms with E-state index in [1.165, 1.54) is 6.07 Å². The average molecular weight is 253 g/mol. The van der Waals surface area contributed by atoms with Gasteiger partial charge in [-0.1, -0.05) is 28.9 Å². The van der Waals surface area contributed by atoms with Crippen LogP contribution in [0.2, 0.25) is 5.02 Å². The Labute approximate surface area is 102 Å². The zero-order chi connectivity index (χ0) is 12.0. The van der Waals surface area contributed by atoms with E-state index in [0.29, 0.717) is 17.0 Å². The summed E-state index contributed by atoms with van der Waals surface area (Å²) in [6, 6.07) is 4.82. The molecule has 0 bridgehead atoms. The number of nitrogens with two attached hydrogens (primary N) is 1. The zero-order valence-electron chi connectivity index (χ0n) is 8.91. The molecule has 0 amide bonds. The number of hydrogen-bond donors (Lipinski definition) is 1. The minimum absolute atomic E-state index is 0.0739. The molecule has 0 aliphatic heterocycles. The fraction of sp³-hybridized carbons (Fsp3) is 0.250. The van der Waals surface area contributed by atoms with Crippen molar-refractivity contribution in [3.05, 3.63) is 34.7 Å². The normalized spacial score (nSPS) is 15.2. The lowest BCUT2D eigenvalue weighted by Crippen LogP contribution is -1.92. The first kappa shape index (κ1) is 10.6. The highest BCUT2D eigenvalue weighted by Gasteiger charge is 2.32. The number of nitrogens with zero attached hydrogens (tertiary/aromatic N) is 1. The molecule has 2 N–H and O–H groups in total. The molecular formula is C12H10ClFN2O. The zero-order valence-corrected chi connectivity index (χ0v) is 9.67. The SMILES string of the molecule is Nc1onc(C2CC2)c1-c1cccc(Cl)c1F. The van der Waals surface area contributed by atoms with Crippen molar-refractivity contribution in [2.24, 2.45) is 0 Å². The molecule has 88 valence electrons. The summed E-state index contributed by atoms with van der Waals surface area (Å²) >= 11 is 5.76. The molecule has 5 heteroatoms. The molecule has 1 fully saturated rings. The maximum atomic E-state index is 14.0. The van der Waals surface area contributed by atoms with E-state index in [0.717, 1.165) is 18.5 Å². The molecule has 1 aliphatic carbocycles. The molecule has 2 aromatic rings. The number of anilines is 1. The number of benzene rings is 1. The monoisotopic (exact) mass is 252 g/mol. The van der Waals surface area contributed by atoms with E-state index in [-0.39, 0.29) is 10.9 Å². The van der Waals surface area contributed by atoms with Crippen molar-refractivity contribution < 1.29 is 8.91 Å². The van der Waals surface area contributed by atoms with Crippen molar-refractivity contribution in [2.45, 2.75) is 18.8 Å². The lowest BCUT2D eigenvalue weighted by Gasteiger charge is -2.04. The Morgan fingerprint density at radius 1 is 1.41 bits per heavy atom. The van der Waals surface area contributed by atoms with Gasteiger partial charge in [-0.2, -0.15) is 0 Å². The number of halogens is 2. The van der Waals surface area contributed by atoms with Crippen molar-refractivity contribution in [1.82, 2.24) is 5.16 Å². The third kappa shape index (κ3) is 1.69. The van der Waals surface area contributed by atoms with Crippen LogP contribution in [0.3, 0.4) is 0 Å². The first-order valence-corrected chi connectivity index (χ1v) is 5.75. The quantitative estimate of drug-likeness (QED) is 0.889. The highest BCUT2D eigenvalue weighted by atomic mass is 35.5. The Bertz CT molecular complexity index is 578. The third-order valence-corrected chi connectivity index (χ3v) is 3.22. The van der Waals surface area contributed by atoms with Crippen molar-refractivity contribution in [3.63, 3.8) is 0 Å². The van der Waals surface area contributed by atoms with Crippen LogP contribution in [0.5, 0.6) is 0 Å². The van der Waals surface area contributed by atoms with E-state index in [2.05, 4.69) is 5.16 Å². The Hall–Kier alpha value is -1.55. The van der Waals surface area contributed by atoms with Crippen molar-refractivity contribution in [3.8, 4) is 11.1 Å². The van der Waals surface area contributed by atoms with Crippen LogP contribution in [0, 0.1) is 5.82 Å². The second-order valence-electron chi connectivity index (χ2n) is 4.18. The van der Waals surface area contributed by atoms with Crippen LogP contribution >= 0.6 is 11.6 Å². The van der Waals surface area contributed by atoms with Crippen molar-refractivity contribution in [2.75, 3.05) is 5.73 Å². The molecule has 3 rings (SSSR count). The second-order valence-corrected chi connectivity index (χ2v) is 4.59. The molecule has 17 heavy (non-hydrogen) atoms. The molecule has 0 unspecified atom stereocenters. The summed E-state index contributed by atoms with van der Waals surface area (Å²) in [4.78, 5) is 0. The lowest BCUT2D eigenvalue weighted by molar-refractivity contribution is 0.428. The Morgan fingerprint density at radius 2 is 2.18 bits per heavy atom. The van der Waals surface area contributed by atoms with Crippen LogP contribution in [0.25, 0.3) is 11.1 Å². The highest BCUT2D eigenvalue weighted by Crippen LogP contribution is 2.46. The van der Waals surface area contributed by atoms with Gasteiger partial charge >= 0.3 is 0 Å². The lowest BCUT2D eigenvalue weighted by atomic mass is 10.0. The van der Waals surface area contributed by atoms with Crippen LogP contribution in [0.15, 0.2) is 22.7 Å². The van der Waals surface area contributed by atoms with Crippen molar-refractivity contribution >= 4 is 17.5 Å². The summed E-state index contributed by atoms with van der Waals surface area (Å²) in [7, 11) is 0. The van der Waals surface area contributed by atoms with Gasteiger partial charge in [-0.3, -0.25) is 0 Å². The molecule has 0 atom stereocenters. The summed E-state index contributed by atoms with van der Waals surface area (Å²) in [5, 5.41) is 3.99. The summed E-state index contributed by atoms with van der Waals surface area (Å²) < 4.78 is 18.9. The number of nitrogen functional groups attached to an aromatic ring is 1. The van der Waals surface area contributed by atoms with E-state index in [9.17, 15) is 4.39 Å². The number of rotatable bonds is 2. The summed E-state index contributed by atoms with van der Waals surface area (Å²) in [5.41, 5.74) is 7.37. The van der Waals surface area contributed by atoms with E-state index in [1.807, 2.05) is 0 Å². The molecule has 1 heterocycles. The van der Waals surface area contributed by atoms with Crippen LogP contribution in [-0.2, 0) is 0 Å². The third-order valence-electron chi connectivity index (χ3n) is 2.93. The van der Waals surface area contributed by atoms with Gasteiger partial charge in [0.25, 0.3) is 0 Å². The largest absolute Gasteiger partial charge is 0.367 e. The second kappa shape index (κ2) is 3.74. The van der Waals surface area contributed by atoms with Crippen LogP contribution in [0.1, 0.15) is 24.5 Å². The summed E-state index contributed by atoms with van der Waals surface area (Å²) in [5.74, 6) is 0.00321. The minimum atomic E-state index is -0.481. The standard InChI is InChI=1S/C12H10ClFN2O/c13-8-3-1-2-7(10(8)14)9-11(6-4-5-6)16-17-12(9)15/h1-3,6H,4-5,15H2. The molecule has 1 aromatic heterocycles. The molecule has 3 nitrogen and oxygen atoms in total. The molecule has 1 aliphatic rings. The van der Waals surface area contributed by atoms with Gasteiger partial charge in [0, 0.05) is 11.5 Å². The highest BCUT2D eigenvalue weighted by molar-refractivity contribution is 6.31. The van der Waals surface area contributed by atoms with E-state index in [1.54, 1.807) is 12.1 Å². The van der Waals surface area contributed by atoms with Gasteiger partial charge in [-0.15, -0.1) is 0 Å².